The summed E-state index contributed by atoms with van der Waals surface area (Å²) >= 11 is 0. The lowest BCUT2D eigenvalue weighted by molar-refractivity contribution is -0.118. The summed E-state index contributed by atoms with van der Waals surface area (Å²) in [5.74, 6) is -1.86. The van der Waals surface area contributed by atoms with Gasteiger partial charge in [-0.1, -0.05) is 12.1 Å². The van der Waals surface area contributed by atoms with Gasteiger partial charge in [0.1, 0.15) is 5.82 Å². The van der Waals surface area contributed by atoms with Gasteiger partial charge in [0.25, 0.3) is 5.91 Å². The van der Waals surface area contributed by atoms with Crippen molar-refractivity contribution < 1.29 is 14.0 Å². The van der Waals surface area contributed by atoms with Crippen LogP contribution in [0, 0.1) is 5.82 Å². The topological polar surface area (TPSA) is 46.2 Å². The molecule has 0 saturated carbocycles. The summed E-state index contributed by atoms with van der Waals surface area (Å²) in [4.78, 5) is 21.6. The maximum Gasteiger partial charge on any atom is 0.260 e. The molecule has 0 aliphatic carbocycles. The second kappa shape index (κ2) is 3.80. The van der Waals surface area contributed by atoms with Crippen LogP contribution in [0.3, 0.4) is 0 Å². The van der Waals surface area contributed by atoms with Gasteiger partial charge in [-0.3, -0.25) is 14.9 Å². The lowest BCUT2D eigenvalue weighted by atomic mass is 10.2. The fraction of sp³-hybridized carbons (Fsp3) is 0.111. The molecule has 4 heteroatoms. The van der Waals surface area contributed by atoms with Crippen molar-refractivity contribution in [3.8, 4) is 0 Å². The summed E-state index contributed by atoms with van der Waals surface area (Å²) in [6, 6.07) is 5.47. The van der Waals surface area contributed by atoms with Crippen LogP contribution in [0.25, 0.3) is 0 Å². The van der Waals surface area contributed by atoms with Crippen molar-refractivity contribution >= 4 is 11.8 Å². The number of halogens is 1. The molecule has 3 nitrogen and oxygen atoms in total. The lowest BCUT2D eigenvalue weighted by Crippen LogP contribution is -2.28. The molecule has 0 aliphatic heterocycles. The van der Waals surface area contributed by atoms with Gasteiger partial charge in [-0.2, -0.15) is 0 Å². The molecule has 0 heterocycles. The van der Waals surface area contributed by atoms with Crippen molar-refractivity contribution in [3.05, 3.63) is 35.6 Å². The third-order valence-corrected chi connectivity index (χ3v) is 1.41. The van der Waals surface area contributed by atoms with Gasteiger partial charge >= 0.3 is 0 Å². The Bertz CT molecular complexity index is 349. The van der Waals surface area contributed by atoms with Crippen molar-refractivity contribution in [1.82, 2.24) is 5.32 Å². The first-order valence-electron chi connectivity index (χ1n) is 3.67. The lowest BCUT2D eigenvalue weighted by Gasteiger charge is -2.01. The van der Waals surface area contributed by atoms with Crippen LogP contribution in [0.15, 0.2) is 24.3 Å². The molecule has 1 aromatic carbocycles. The molecule has 0 spiro atoms. The summed E-state index contributed by atoms with van der Waals surface area (Å²) in [5.41, 5.74) is -0.127. The molecule has 0 fully saturated rings. The number of imide groups is 1. The van der Waals surface area contributed by atoms with Crippen LogP contribution < -0.4 is 5.32 Å². The molecule has 0 aliphatic rings. The number of hydrogen-bond acceptors (Lipinski definition) is 2. The maximum atomic E-state index is 12.9. The van der Waals surface area contributed by atoms with Gasteiger partial charge in [0, 0.05) is 6.92 Å². The van der Waals surface area contributed by atoms with Crippen LogP contribution in [0.5, 0.6) is 0 Å². The molecule has 0 unspecified atom stereocenters. The first-order valence-corrected chi connectivity index (χ1v) is 3.67. The van der Waals surface area contributed by atoms with Crippen LogP contribution in [0.2, 0.25) is 0 Å². The fourth-order valence-electron chi connectivity index (χ4n) is 0.873. The van der Waals surface area contributed by atoms with Crippen LogP contribution in [0.4, 0.5) is 4.39 Å². The zero-order valence-corrected chi connectivity index (χ0v) is 7.00. The first kappa shape index (κ1) is 9.38. The van der Waals surface area contributed by atoms with E-state index in [-0.39, 0.29) is 5.56 Å². The van der Waals surface area contributed by atoms with Crippen molar-refractivity contribution in [1.29, 1.82) is 0 Å². The van der Waals surface area contributed by atoms with Crippen molar-refractivity contribution in [2.45, 2.75) is 6.92 Å². The van der Waals surface area contributed by atoms with Crippen LogP contribution in [-0.4, -0.2) is 11.8 Å². The highest BCUT2D eigenvalue weighted by Crippen LogP contribution is 2.05. The summed E-state index contributed by atoms with van der Waals surface area (Å²) in [7, 11) is 0. The van der Waals surface area contributed by atoms with Crippen LogP contribution in [-0.2, 0) is 4.79 Å². The highest BCUT2D eigenvalue weighted by Gasteiger charge is 2.10. The van der Waals surface area contributed by atoms with E-state index in [1.807, 2.05) is 5.32 Å². The molecular formula is C9H8FNO2. The molecule has 1 aromatic rings. The smallest absolute Gasteiger partial charge is 0.260 e. The molecule has 1 rings (SSSR count). The van der Waals surface area contributed by atoms with E-state index in [2.05, 4.69) is 0 Å². The predicted molar refractivity (Wildman–Crippen MR) is 44.5 cm³/mol. The van der Waals surface area contributed by atoms with Crippen LogP contribution >= 0.6 is 0 Å². The third kappa shape index (κ3) is 2.37. The molecule has 1 N–H and O–H groups in total. The van der Waals surface area contributed by atoms with E-state index < -0.39 is 17.6 Å². The van der Waals surface area contributed by atoms with Crippen molar-refractivity contribution in [2.75, 3.05) is 0 Å². The average molecular weight is 181 g/mol. The number of rotatable bonds is 1. The second-order valence-corrected chi connectivity index (χ2v) is 2.49. The standard InChI is InChI=1S/C9H8FNO2/c1-6(12)11-9(13)7-4-2-3-5-8(7)10/h2-5H,1H3,(H,11,12,13). The van der Waals surface area contributed by atoms with E-state index in [9.17, 15) is 14.0 Å². The SMILES string of the molecule is CC(=O)NC(=O)c1ccccc1F. The quantitative estimate of drug-likeness (QED) is 0.705. The first-order chi connectivity index (χ1) is 6.11. The highest BCUT2D eigenvalue weighted by molar-refractivity contribution is 6.04. The summed E-state index contributed by atoms with van der Waals surface area (Å²) < 4.78 is 12.9. The highest BCUT2D eigenvalue weighted by atomic mass is 19.1. The number of nitrogens with one attached hydrogen (secondary N) is 1. The summed E-state index contributed by atoms with van der Waals surface area (Å²) in [5, 5.41) is 1.98. The Kier molecular flexibility index (Phi) is 2.74. The Morgan fingerprint density at radius 2 is 1.92 bits per heavy atom. The van der Waals surface area contributed by atoms with E-state index in [1.54, 1.807) is 0 Å². The molecule has 2 amide bonds. The van der Waals surface area contributed by atoms with Gasteiger partial charge in [-0.25, -0.2) is 4.39 Å². The molecule has 68 valence electrons. The fourth-order valence-corrected chi connectivity index (χ4v) is 0.873. The van der Waals surface area contributed by atoms with E-state index in [4.69, 9.17) is 0 Å². The third-order valence-electron chi connectivity index (χ3n) is 1.41. The van der Waals surface area contributed by atoms with Gasteiger partial charge in [0.15, 0.2) is 0 Å². The Morgan fingerprint density at radius 1 is 1.31 bits per heavy atom. The summed E-state index contributed by atoms with van der Waals surface area (Å²) in [6.45, 7) is 1.19. The van der Waals surface area contributed by atoms with E-state index in [0.29, 0.717) is 0 Å². The number of hydrogen-bond donors (Lipinski definition) is 1. The van der Waals surface area contributed by atoms with Crippen LogP contribution in [0.1, 0.15) is 17.3 Å². The molecule has 0 radical (unpaired) electrons. The largest absolute Gasteiger partial charge is 0.292 e. The average Bonchev–Trinajstić information content (AvgIpc) is 2.03. The monoisotopic (exact) mass is 181 g/mol. The summed E-state index contributed by atoms with van der Waals surface area (Å²) in [6.07, 6.45) is 0. The zero-order valence-electron chi connectivity index (χ0n) is 7.00. The molecule has 0 saturated heterocycles. The Balaban J connectivity index is 2.89. The van der Waals surface area contributed by atoms with E-state index in [0.717, 1.165) is 6.07 Å². The van der Waals surface area contributed by atoms with Gasteiger partial charge < -0.3 is 0 Å². The Labute approximate surface area is 74.6 Å². The molecule has 0 aromatic heterocycles. The van der Waals surface area contributed by atoms with Gasteiger partial charge in [-0.15, -0.1) is 0 Å². The van der Waals surface area contributed by atoms with Gasteiger partial charge in [0.2, 0.25) is 5.91 Å². The van der Waals surface area contributed by atoms with Crippen molar-refractivity contribution in [3.63, 3.8) is 0 Å². The second-order valence-electron chi connectivity index (χ2n) is 2.49. The minimum absolute atomic E-state index is 0.127. The minimum Gasteiger partial charge on any atom is -0.292 e. The molecule has 0 bridgehead atoms. The van der Waals surface area contributed by atoms with Gasteiger partial charge in [-0.05, 0) is 12.1 Å². The Morgan fingerprint density at radius 3 is 2.46 bits per heavy atom. The Hall–Kier alpha value is -1.71. The number of amides is 2. The minimum atomic E-state index is -0.717. The van der Waals surface area contributed by atoms with Gasteiger partial charge in [0.05, 0.1) is 5.56 Å². The van der Waals surface area contributed by atoms with E-state index >= 15 is 0 Å². The zero-order chi connectivity index (χ0) is 9.84. The molecule has 0 atom stereocenters. The molecule has 13 heavy (non-hydrogen) atoms. The number of carbonyl (C=O) groups excluding carboxylic acids is 2. The normalized spacial score (nSPS) is 9.38. The number of carbonyl (C=O) groups is 2. The maximum absolute atomic E-state index is 12.9. The number of benzene rings is 1. The predicted octanol–water partition coefficient (Wildman–Crippen LogP) is 1.10. The van der Waals surface area contributed by atoms with Crippen molar-refractivity contribution in [2.24, 2.45) is 0 Å². The van der Waals surface area contributed by atoms with E-state index in [1.165, 1.54) is 25.1 Å². The molecular weight excluding hydrogens is 173 g/mol.